The number of carbonyl (C=O) groups excluding carboxylic acids is 1. The second-order valence-corrected chi connectivity index (χ2v) is 8.46. The van der Waals surface area contributed by atoms with E-state index in [4.69, 9.17) is 4.74 Å². The van der Waals surface area contributed by atoms with E-state index >= 15 is 0 Å². The van der Waals surface area contributed by atoms with E-state index in [1.54, 1.807) is 0 Å². The Morgan fingerprint density at radius 3 is 2.19 bits per heavy atom. The molecule has 0 saturated heterocycles. The maximum atomic E-state index is 11.9. The molecule has 1 saturated carbocycles. The molecule has 0 unspecified atom stereocenters. The molecular weight excluding hydrogens is 338 g/mol. The van der Waals surface area contributed by atoms with Crippen molar-refractivity contribution in [3.8, 4) is 0 Å². The van der Waals surface area contributed by atoms with E-state index in [1.165, 1.54) is 11.4 Å². The molecule has 1 amide bonds. The summed E-state index contributed by atoms with van der Waals surface area (Å²) in [6.45, 7) is 13.1. The number of nitrogens with one attached hydrogen (secondary N) is 2. The van der Waals surface area contributed by atoms with Crippen molar-refractivity contribution in [1.82, 2.24) is 5.32 Å². The Morgan fingerprint density at radius 2 is 1.67 bits per heavy atom. The molecule has 5 nitrogen and oxygen atoms in total. The van der Waals surface area contributed by atoms with Crippen molar-refractivity contribution in [2.24, 2.45) is 5.92 Å². The zero-order valence-electron chi connectivity index (χ0n) is 17.7. The van der Waals surface area contributed by atoms with Crippen molar-refractivity contribution in [2.45, 2.75) is 71.9 Å². The third kappa shape index (κ3) is 7.31. The minimum atomic E-state index is -0.438. The molecule has 0 aliphatic heterocycles. The third-order valence-corrected chi connectivity index (χ3v) is 5.16. The Bertz CT molecular complexity index is 568. The topological polar surface area (TPSA) is 53.6 Å². The highest BCUT2D eigenvalue weighted by molar-refractivity contribution is 5.68. The van der Waals surface area contributed by atoms with Crippen LogP contribution in [0.2, 0.25) is 0 Å². The number of anilines is 2. The fraction of sp³-hybridized carbons (Fsp3) is 0.682. The van der Waals surface area contributed by atoms with Crippen molar-refractivity contribution in [3.05, 3.63) is 24.3 Å². The summed E-state index contributed by atoms with van der Waals surface area (Å²) in [5.41, 5.74) is 2.02. The standard InChI is InChI=1S/C22H37N3O2/c1-6-25(7-2)20-14-12-18(13-15-20)23-16-17-8-10-19(11-9-17)24-21(26)27-22(3,4)5/h12-15,17,19,23H,6-11,16H2,1-5H3,(H,24,26). The predicted molar refractivity (Wildman–Crippen MR) is 114 cm³/mol. The van der Waals surface area contributed by atoms with E-state index in [1.807, 2.05) is 20.8 Å². The smallest absolute Gasteiger partial charge is 0.407 e. The molecule has 152 valence electrons. The van der Waals surface area contributed by atoms with Crippen molar-refractivity contribution in [1.29, 1.82) is 0 Å². The molecule has 1 aromatic rings. The molecule has 5 heteroatoms. The Hall–Kier alpha value is -1.91. The van der Waals surface area contributed by atoms with Crippen molar-refractivity contribution >= 4 is 17.5 Å². The minimum Gasteiger partial charge on any atom is -0.444 e. The zero-order valence-corrected chi connectivity index (χ0v) is 17.7. The molecule has 0 atom stereocenters. The number of carbonyl (C=O) groups is 1. The van der Waals surface area contributed by atoms with Crippen LogP contribution >= 0.6 is 0 Å². The van der Waals surface area contributed by atoms with E-state index < -0.39 is 5.60 Å². The monoisotopic (exact) mass is 375 g/mol. The Labute approximate surface area is 164 Å². The summed E-state index contributed by atoms with van der Waals surface area (Å²) >= 11 is 0. The number of ether oxygens (including phenoxy) is 1. The van der Waals surface area contributed by atoms with Crippen molar-refractivity contribution in [2.75, 3.05) is 29.9 Å². The lowest BCUT2D eigenvalue weighted by molar-refractivity contribution is 0.0488. The summed E-state index contributed by atoms with van der Waals surface area (Å²) in [6, 6.07) is 8.96. The number of nitrogens with zero attached hydrogens (tertiary/aromatic N) is 1. The van der Waals surface area contributed by atoms with Crippen LogP contribution in [-0.4, -0.2) is 37.4 Å². The van der Waals surface area contributed by atoms with Gasteiger partial charge in [-0.3, -0.25) is 0 Å². The average Bonchev–Trinajstić information content (AvgIpc) is 2.61. The van der Waals surface area contributed by atoms with E-state index in [0.29, 0.717) is 5.92 Å². The molecule has 0 bridgehead atoms. The second-order valence-electron chi connectivity index (χ2n) is 8.46. The fourth-order valence-corrected chi connectivity index (χ4v) is 3.63. The number of rotatable bonds is 7. The largest absolute Gasteiger partial charge is 0.444 e. The van der Waals surface area contributed by atoms with Gasteiger partial charge in [-0.2, -0.15) is 0 Å². The van der Waals surface area contributed by atoms with Crippen molar-refractivity contribution in [3.63, 3.8) is 0 Å². The van der Waals surface area contributed by atoms with Gasteiger partial charge < -0.3 is 20.3 Å². The van der Waals surface area contributed by atoms with Gasteiger partial charge in [0.25, 0.3) is 0 Å². The molecule has 2 rings (SSSR count). The highest BCUT2D eigenvalue weighted by Gasteiger charge is 2.24. The minimum absolute atomic E-state index is 0.240. The third-order valence-electron chi connectivity index (χ3n) is 5.16. The predicted octanol–water partition coefficient (Wildman–Crippen LogP) is 5.03. The zero-order chi connectivity index (χ0) is 19.9. The summed E-state index contributed by atoms with van der Waals surface area (Å²) < 4.78 is 5.35. The Kier molecular flexibility index (Phi) is 7.81. The lowest BCUT2D eigenvalue weighted by Crippen LogP contribution is -2.41. The van der Waals surface area contributed by atoms with Gasteiger partial charge in [0.05, 0.1) is 0 Å². The molecule has 0 radical (unpaired) electrons. The first kappa shape index (κ1) is 21.4. The molecule has 1 fully saturated rings. The van der Waals surface area contributed by atoms with Gasteiger partial charge in [-0.05, 0) is 90.5 Å². The van der Waals surface area contributed by atoms with Gasteiger partial charge in [-0.1, -0.05) is 0 Å². The van der Waals surface area contributed by atoms with Gasteiger partial charge in [-0.25, -0.2) is 4.79 Å². The molecule has 0 heterocycles. The highest BCUT2D eigenvalue weighted by atomic mass is 16.6. The van der Waals surface area contributed by atoms with Gasteiger partial charge in [-0.15, -0.1) is 0 Å². The van der Waals surface area contributed by atoms with E-state index in [0.717, 1.165) is 45.3 Å². The summed E-state index contributed by atoms with van der Waals surface area (Å²) in [5, 5.41) is 6.58. The van der Waals surface area contributed by atoms with E-state index in [2.05, 4.69) is 53.6 Å². The van der Waals surface area contributed by atoms with Gasteiger partial charge in [0, 0.05) is 37.1 Å². The molecule has 0 aromatic heterocycles. The van der Waals surface area contributed by atoms with Crippen LogP contribution in [0.15, 0.2) is 24.3 Å². The van der Waals surface area contributed by atoms with Crippen LogP contribution in [0.3, 0.4) is 0 Å². The highest BCUT2D eigenvalue weighted by Crippen LogP contribution is 2.25. The molecule has 1 aliphatic rings. The van der Waals surface area contributed by atoms with Gasteiger partial charge >= 0.3 is 6.09 Å². The molecule has 27 heavy (non-hydrogen) atoms. The first-order valence-electron chi connectivity index (χ1n) is 10.4. The van der Waals surface area contributed by atoms with E-state index in [-0.39, 0.29) is 12.1 Å². The van der Waals surface area contributed by atoms with Crippen LogP contribution in [0.5, 0.6) is 0 Å². The Morgan fingerprint density at radius 1 is 1.07 bits per heavy atom. The fourth-order valence-electron chi connectivity index (χ4n) is 3.63. The van der Waals surface area contributed by atoms with Crippen LogP contribution in [0.4, 0.5) is 16.2 Å². The summed E-state index contributed by atoms with van der Waals surface area (Å²) in [5.74, 6) is 0.657. The van der Waals surface area contributed by atoms with Gasteiger partial charge in [0.15, 0.2) is 0 Å². The lowest BCUT2D eigenvalue weighted by Gasteiger charge is -2.30. The normalized spacial score (nSPS) is 20.0. The first-order chi connectivity index (χ1) is 12.8. The number of amides is 1. The lowest BCUT2D eigenvalue weighted by atomic mass is 9.86. The average molecular weight is 376 g/mol. The van der Waals surface area contributed by atoms with Gasteiger partial charge in [0.1, 0.15) is 5.60 Å². The van der Waals surface area contributed by atoms with E-state index in [9.17, 15) is 4.79 Å². The molecule has 1 aliphatic carbocycles. The summed E-state index contributed by atoms with van der Waals surface area (Å²) in [7, 11) is 0. The molecule has 0 spiro atoms. The molecule has 1 aromatic carbocycles. The van der Waals surface area contributed by atoms with Gasteiger partial charge in [0.2, 0.25) is 0 Å². The van der Waals surface area contributed by atoms with Crippen LogP contribution in [0, 0.1) is 5.92 Å². The van der Waals surface area contributed by atoms with Crippen LogP contribution in [0.25, 0.3) is 0 Å². The van der Waals surface area contributed by atoms with Crippen LogP contribution in [0.1, 0.15) is 60.3 Å². The molecule has 2 N–H and O–H groups in total. The quantitative estimate of drug-likeness (QED) is 0.702. The first-order valence-corrected chi connectivity index (χ1v) is 10.4. The number of hydrogen-bond acceptors (Lipinski definition) is 4. The summed E-state index contributed by atoms with van der Waals surface area (Å²) in [6.07, 6.45) is 4.01. The second kappa shape index (κ2) is 9.86. The SMILES string of the molecule is CCN(CC)c1ccc(NCC2CCC(NC(=O)OC(C)(C)C)CC2)cc1. The molecular formula is C22H37N3O2. The number of benzene rings is 1. The number of hydrogen-bond donors (Lipinski definition) is 2. The maximum Gasteiger partial charge on any atom is 0.407 e. The number of alkyl carbamates (subject to hydrolysis) is 1. The maximum absolute atomic E-state index is 11.9. The van der Waals surface area contributed by atoms with Crippen molar-refractivity contribution < 1.29 is 9.53 Å². The summed E-state index contributed by atoms with van der Waals surface area (Å²) in [4.78, 5) is 14.2. The van der Waals surface area contributed by atoms with Crippen LogP contribution in [-0.2, 0) is 4.74 Å². The Balaban J connectivity index is 1.71. The van der Waals surface area contributed by atoms with Crippen LogP contribution < -0.4 is 15.5 Å².